The highest BCUT2D eigenvalue weighted by Gasteiger charge is 2.70. The summed E-state index contributed by atoms with van der Waals surface area (Å²) in [5, 5.41) is 19.9. The number of pyridine rings is 1. The second-order valence-corrected chi connectivity index (χ2v) is 14.2. The van der Waals surface area contributed by atoms with Crippen LogP contribution in [0.1, 0.15) is 48.3 Å². The first-order chi connectivity index (χ1) is 24.6. The number of anilines is 1. The second kappa shape index (κ2) is 12.9. The number of aliphatic carboxylic acids is 1. The largest absolute Gasteiger partial charge is 0.508 e. The Morgan fingerprint density at radius 3 is 2.31 bits per heavy atom. The van der Waals surface area contributed by atoms with E-state index in [1.807, 2.05) is 6.08 Å². The topological polar surface area (TPSA) is 157 Å². The summed E-state index contributed by atoms with van der Waals surface area (Å²) in [6.07, 6.45) is -2.53. The third-order valence-electron chi connectivity index (χ3n) is 10.6. The maximum atomic E-state index is 15.1. The fraction of sp³-hybridized carbons (Fsp3) is 0.333. The van der Waals surface area contributed by atoms with Gasteiger partial charge in [0.05, 0.1) is 33.8 Å². The quantitative estimate of drug-likeness (QED) is 0.186. The summed E-state index contributed by atoms with van der Waals surface area (Å²) < 4.78 is 40.2. The number of phenolic OH excluding ortho intramolecular Hbond substituents is 1. The number of benzene rings is 2. The molecule has 0 bridgehead atoms. The lowest BCUT2D eigenvalue weighted by molar-refractivity contribution is -0.142. The Hall–Kier alpha value is -4.95. The van der Waals surface area contributed by atoms with Crippen molar-refractivity contribution in [3.63, 3.8) is 0 Å². The molecule has 2 aromatic carbocycles. The zero-order valence-electron chi connectivity index (χ0n) is 26.9. The minimum Gasteiger partial charge on any atom is -0.508 e. The van der Waals surface area contributed by atoms with E-state index in [4.69, 9.17) is 28.3 Å². The lowest BCUT2D eigenvalue weighted by atomic mass is 9.49. The van der Waals surface area contributed by atoms with Crippen LogP contribution in [0, 0.1) is 23.7 Å². The van der Waals surface area contributed by atoms with E-state index in [1.165, 1.54) is 12.1 Å². The van der Waals surface area contributed by atoms with Crippen LogP contribution in [0.15, 0.2) is 72.4 Å². The van der Waals surface area contributed by atoms with Gasteiger partial charge in [-0.15, -0.1) is 0 Å². The van der Waals surface area contributed by atoms with Crippen LogP contribution >= 0.6 is 23.2 Å². The Morgan fingerprint density at radius 2 is 1.67 bits per heavy atom. The van der Waals surface area contributed by atoms with Crippen LogP contribution < -0.4 is 5.43 Å². The number of nitrogens with zero attached hydrogens (tertiary/aromatic N) is 3. The van der Waals surface area contributed by atoms with Gasteiger partial charge in [0.15, 0.2) is 5.82 Å². The van der Waals surface area contributed by atoms with Gasteiger partial charge < -0.3 is 10.2 Å². The van der Waals surface area contributed by atoms with Crippen molar-refractivity contribution in [3.8, 4) is 5.75 Å². The number of carbonyl (C=O) groups is 5. The number of carboxylic acids is 1. The molecule has 3 heterocycles. The number of phenols is 1. The van der Waals surface area contributed by atoms with Crippen molar-refractivity contribution in [2.45, 2.75) is 43.2 Å². The van der Waals surface area contributed by atoms with Gasteiger partial charge in [0.25, 0.3) is 11.8 Å². The molecule has 3 N–H and O–H groups in total. The molecule has 2 aliphatic carbocycles. The SMILES string of the molecule is O=C(O)CCCN1C(=O)C2CC=C3C(CC4C(=O)N(Nc5ncc(C(F)(F)F)cc5Cl)C(=O)C4(c4ccc(Cl)cc4)C3c3ccc(O)cc3)C2C1=O. The lowest BCUT2D eigenvalue weighted by Gasteiger charge is -2.50. The molecule has 6 unspecified atom stereocenters. The number of halogens is 5. The molecule has 3 aromatic rings. The summed E-state index contributed by atoms with van der Waals surface area (Å²) in [5.74, 6) is -8.52. The van der Waals surface area contributed by atoms with Crippen molar-refractivity contribution in [1.29, 1.82) is 0 Å². The van der Waals surface area contributed by atoms with Gasteiger partial charge in [-0.25, -0.2) is 4.98 Å². The van der Waals surface area contributed by atoms with Gasteiger partial charge in [-0.1, -0.05) is 59.1 Å². The average molecular weight is 758 g/mol. The van der Waals surface area contributed by atoms with Crippen molar-refractivity contribution in [2.24, 2.45) is 23.7 Å². The Bertz CT molecular complexity index is 2040. The normalized spacial score (nSPS) is 26.9. The van der Waals surface area contributed by atoms with Crippen LogP contribution in [-0.4, -0.2) is 61.2 Å². The molecule has 0 spiro atoms. The number of aromatic nitrogens is 1. The summed E-state index contributed by atoms with van der Waals surface area (Å²) >= 11 is 12.5. The van der Waals surface area contributed by atoms with Gasteiger partial charge in [0.1, 0.15) is 5.75 Å². The molecule has 2 aliphatic heterocycles. The predicted molar refractivity (Wildman–Crippen MR) is 179 cm³/mol. The fourth-order valence-corrected chi connectivity index (χ4v) is 8.83. The molecule has 52 heavy (non-hydrogen) atoms. The van der Waals surface area contributed by atoms with Gasteiger partial charge in [0.2, 0.25) is 11.8 Å². The van der Waals surface area contributed by atoms with Crippen molar-refractivity contribution < 1.29 is 47.4 Å². The standard InChI is InChI=1S/C36H29Cl2F3N4O7/c37-20-7-5-18(6-8-20)35-25(32(50)45(34(35)52)43-30-26(38)14-19(16-42-30)36(39,40)41)15-24-22(29(35)17-3-9-21(46)10-4-17)11-12-23-28(24)33(51)44(31(23)49)13-1-2-27(47)48/h3-11,14,16,23-25,28-29,46H,1-2,12-13,15H2,(H,42,43)(H,47,48). The Morgan fingerprint density at radius 1 is 0.981 bits per heavy atom. The van der Waals surface area contributed by atoms with E-state index in [9.17, 15) is 37.5 Å². The minimum atomic E-state index is -4.76. The van der Waals surface area contributed by atoms with E-state index >= 15 is 4.79 Å². The Labute approximate surface area is 304 Å². The molecule has 1 aromatic heterocycles. The molecule has 6 atom stereocenters. The van der Waals surface area contributed by atoms with Gasteiger partial charge in [-0.3, -0.25) is 34.3 Å². The third-order valence-corrected chi connectivity index (χ3v) is 11.2. The molecule has 2 saturated heterocycles. The average Bonchev–Trinajstić information content (AvgIpc) is 3.46. The van der Waals surface area contributed by atoms with E-state index in [-0.39, 0.29) is 43.8 Å². The number of likely N-dealkylation sites (tertiary alicyclic amines) is 1. The van der Waals surface area contributed by atoms with E-state index in [0.717, 1.165) is 4.90 Å². The number of allylic oxidation sites excluding steroid dienone is 2. The van der Waals surface area contributed by atoms with E-state index in [0.29, 0.717) is 39.0 Å². The molecule has 270 valence electrons. The van der Waals surface area contributed by atoms with Gasteiger partial charge >= 0.3 is 12.1 Å². The molecule has 11 nitrogen and oxygen atoms in total. The van der Waals surface area contributed by atoms with Crippen molar-refractivity contribution in [1.82, 2.24) is 14.9 Å². The van der Waals surface area contributed by atoms with Crippen LogP contribution in [0.25, 0.3) is 0 Å². The number of hydrazine groups is 1. The summed E-state index contributed by atoms with van der Waals surface area (Å²) in [7, 11) is 0. The predicted octanol–water partition coefficient (Wildman–Crippen LogP) is 5.96. The smallest absolute Gasteiger partial charge is 0.417 e. The molecular formula is C36H29Cl2F3N4O7. The number of carbonyl (C=O) groups excluding carboxylic acids is 4. The number of hydrogen-bond acceptors (Lipinski definition) is 8. The van der Waals surface area contributed by atoms with Crippen LogP contribution in [0.3, 0.4) is 0 Å². The molecule has 4 amide bonds. The molecular weight excluding hydrogens is 728 g/mol. The molecule has 0 radical (unpaired) electrons. The summed E-state index contributed by atoms with van der Waals surface area (Å²) in [6, 6.07) is 13.0. The van der Waals surface area contributed by atoms with Crippen molar-refractivity contribution in [3.05, 3.63) is 99.2 Å². The fourth-order valence-electron chi connectivity index (χ4n) is 8.50. The number of alkyl halides is 3. The highest BCUT2D eigenvalue weighted by atomic mass is 35.5. The van der Waals surface area contributed by atoms with Crippen LogP contribution in [0.2, 0.25) is 10.0 Å². The van der Waals surface area contributed by atoms with Gasteiger partial charge in [0, 0.05) is 30.1 Å². The van der Waals surface area contributed by atoms with Crippen molar-refractivity contribution >= 4 is 58.6 Å². The maximum Gasteiger partial charge on any atom is 0.417 e. The first kappa shape index (κ1) is 35.5. The highest BCUT2D eigenvalue weighted by molar-refractivity contribution is 6.33. The number of amides is 4. The second-order valence-electron chi connectivity index (χ2n) is 13.3. The number of hydrogen-bond donors (Lipinski definition) is 3. The number of aromatic hydroxyl groups is 1. The first-order valence-electron chi connectivity index (χ1n) is 16.3. The lowest BCUT2D eigenvalue weighted by Crippen LogP contribution is -2.53. The summed E-state index contributed by atoms with van der Waals surface area (Å²) in [6.45, 7) is -0.0887. The molecule has 3 fully saturated rings. The number of rotatable bonds is 8. The highest BCUT2D eigenvalue weighted by Crippen LogP contribution is 2.64. The minimum absolute atomic E-state index is 0.0593. The Balaban J connectivity index is 1.38. The zero-order valence-corrected chi connectivity index (χ0v) is 28.5. The van der Waals surface area contributed by atoms with E-state index in [1.54, 1.807) is 36.4 Å². The molecule has 16 heteroatoms. The number of fused-ring (bicyclic) bond motifs is 4. The molecule has 4 aliphatic rings. The van der Waals surface area contributed by atoms with Crippen LogP contribution in [0.5, 0.6) is 5.75 Å². The third kappa shape index (κ3) is 5.59. The summed E-state index contributed by atoms with van der Waals surface area (Å²) in [4.78, 5) is 73.4. The maximum absolute atomic E-state index is 15.1. The Kier molecular flexibility index (Phi) is 8.81. The van der Waals surface area contributed by atoms with Gasteiger partial charge in [-0.05, 0) is 66.6 Å². The monoisotopic (exact) mass is 756 g/mol. The van der Waals surface area contributed by atoms with Gasteiger partial charge in [-0.2, -0.15) is 18.2 Å². The zero-order chi connectivity index (χ0) is 37.3. The first-order valence-corrected chi connectivity index (χ1v) is 17.1. The molecule has 1 saturated carbocycles. The number of imide groups is 2. The number of carboxylic acid groups (broad SMARTS) is 1. The number of nitrogens with one attached hydrogen (secondary N) is 1. The van der Waals surface area contributed by atoms with Crippen LogP contribution in [-0.2, 0) is 35.6 Å². The van der Waals surface area contributed by atoms with E-state index < -0.39 is 81.4 Å². The van der Waals surface area contributed by atoms with Crippen LogP contribution in [0.4, 0.5) is 19.0 Å². The van der Waals surface area contributed by atoms with Crippen molar-refractivity contribution in [2.75, 3.05) is 12.0 Å². The van der Waals surface area contributed by atoms with E-state index in [2.05, 4.69) is 10.4 Å². The molecule has 7 rings (SSSR count). The summed E-state index contributed by atoms with van der Waals surface area (Å²) in [5.41, 5.74) is 1.24.